The monoisotopic (exact) mass is 694 g/mol. The van der Waals surface area contributed by atoms with E-state index in [1.165, 1.54) is 0 Å². The highest BCUT2D eigenvalue weighted by Gasteiger charge is 2.57. The third kappa shape index (κ3) is 12.6. The van der Waals surface area contributed by atoms with Gasteiger partial charge in [0, 0.05) is 48.5 Å². The molecule has 47 heavy (non-hydrogen) atoms. The summed E-state index contributed by atoms with van der Waals surface area (Å²) in [5, 5.41) is -1.15. The Morgan fingerprint density at radius 3 is 1.38 bits per heavy atom. The summed E-state index contributed by atoms with van der Waals surface area (Å²) in [4.78, 5) is 85.0. The van der Waals surface area contributed by atoms with Gasteiger partial charge < -0.3 is 47.4 Å². The highest BCUT2D eigenvalue weighted by molar-refractivity contribution is 8.00. The molecule has 18 heteroatoms. The Balaban J connectivity index is 2.75. The number of esters is 7. The van der Waals surface area contributed by atoms with Gasteiger partial charge in [0.1, 0.15) is 37.0 Å². The first-order chi connectivity index (χ1) is 21.9. The quantitative estimate of drug-likeness (QED) is 0.192. The summed E-state index contributed by atoms with van der Waals surface area (Å²) in [6, 6.07) is 0. The third-order valence-electron chi connectivity index (χ3n) is 6.29. The second-order valence-electron chi connectivity index (χ2n) is 10.8. The van der Waals surface area contributed by atoms with Crippen LogP contribution >= 0.6 is 11.8 Å². The topological polar surface area (TPSA) is 212 Å². The van der Waals surface area contributed by atoms with Crippen LogP contribution in [0.15, 0.2) is 0 Å². The maximum Gasteiger partial charge on any atom is 0.303 e. The largest absolute Gasteiger partial charge is 0.463 e. The molecule has 0 unspecified atom stereocenters. The first kappa shape index (κ1) is 39.7. The van der Waals surface area contributed by atoms with E-state index < -0.39 is 121 Å². The van der Waals surface area contributed by atoms with Crippen LogP contribution in [0, 0.1) is 0 Å². The molecule has 10 atom stereocenters. The highest BCUT2D eigenvalue weighted by Crippen LogP contribution is 2.42. The number of ether oxygens (including phenoxy) is 10. The smallest absolute Gasteiger partial charge is 0.303 e. The Morgan fingerprint density at radius 1 is 0.532 bits per heavy atom. The fraction of sp³-hybridized carbons (Fsp3) is 0.759. The van der Waals surface area contributed by atoms with Crippen molar-refractivity contribution >= 4 is 53.5 Å². The lowest BCUT2D eigenvalue weighted by Gasteiger charge is -2.48. The average molecular weight is 695 g/mol. The zero-order chi connectivity index (χ0) is 35.6. The Bertz CT molecular complexity index is 1160. The van der Waals surface area contributed by atoms with E-state index in [9.17, 15) is 33.6 Å². The third-order valence-corrected chi connectivity index (χ3v) is 7.79. The minimum Gasteiger partial charge on any atom is -0.463 e. The maximum atomic E-state index is 12.4. The Morgan fingerprint density at radius 2 is 0.936 bits per heavy atom. The lowest BCUT2D eigenvalue weighted by Crippen LogP contribution is -2.64. The molecule has 266 valence electrons. The molecule has 0 aromatic heterocycles. The van der Waals surface area contributed by atoms with Crippen molar-refractivity contribution in [2.24, 2.45) is 0 Å². The van der Waals surface area contributed by atoms with Crippen molar-refractivity contribution in [2.45, 2.75) is 128 Å². The van der Waals surface area contributed by atoms with E-state index in [1.54, 1.807) is 13.8 Å². The summed E-state index contributed by atoms with van der Waals surface area (Å²) in [5.41, 5.74) is -1.36. The van der Waals surface area contributed by atoms with Crippen molar-refractivity contribution in [3.63, 3.8) is 0 Å². The summed E-state index contributed by atoms with van der Waals surface area (Å²) in [7, 11) is 0. The SMILES string of the molecule is CC(=O)OC[C@H]1O[C@@H](S[C@@H]2[C@@H](OC(C)=O)[C@@H](COC(C)=O)O[C@H](OC(C)C)[C@@H]2OC(C)=O)[C@H](OC(C)=O)[C@@H](OC(C)=O)[C@H]1OC(C)=O. The van der Waals surface area contributed by atoms with Gasteiger partial charge in [0.15, 0.2) is 30.7 Å². The molecule has 0 N–H and O–H groups in total. The molecule has 0 aliphatic carbocycles. The van der Waals surface area contributed by atoms with Crippen LogP contribution in [0.4, 0.5) is 0 Å². The molecule has 0 spiro atoms. The molecular weight excluding hydrogens is 652 g/mol. The van der Waals surface area contributed by atoms with Crippen molar-refractivity contribution < 1.29 is 80.9 Å². The van der Waals surface area contributed by atoms with Gasteiger partial charge in [-0.25, -0.2) is 0 Å². The zero-order valence-electron chi connectivity index (χ0n) is 27.6. The van der Waals surface area contributed by atoms with Crippen LogP contribution < -0.4 is 0 Å². The molecule has 2 heterocycles. The van der Waals surface area contributed by atoms with E-state index in [0.29, 0.717) is 0 Å². The van der Waals surface area contributed by atoms with Gasteiger partial charge in [-0.1, -0.05) is 0 Å². The molecule has 2 rings (SSSR count). The van der Waals surface area contributed by atoms with Gasteiger partial charge in [-0.3, -0.25) is 33.6 Å². The van der Waals surface area contributed by atoms with E-state index in [1.807, 2.05) is 0 Å². The van der Waals surface area contributed by atoms with Gasteiger partial charge in [0.25, 0.3) is 0 Å². The van der Waals surface area contributed by atoms with Gasteiger partial charge in [0.05, 0.1) is 11.4 Å². The van der Waals surface area contributed by atoms with E-state index in [0.717, 1.165) is 60.2 Å². The molecule has 0 bridgehead atoms. The van der Waals surface area contributed by atoms with Gasteiger partial charge in [-0.05, 0) is 13.8 Å². The van der Waals surface area contributed by atoms with Crippen LogP contribution in [0.2, 0.25) is 0 Å². The number of rotatable bonds is 13. The fourth-order valence-electron chi connectivity index (χ4n) is 4.85. The standard InChI is InChI=1S/C29H42O17S/c1-12(2)39-28-26(44-19(9)36)27(23(41-16(6)33)21(45-28)11-38-14(4)31)47-29-25(43-18(8)35)24(42-17(7)34)22(40-15(5)32)20(46-29)10-37-13(3)30/h12,20-29H,10-11H2,1-9H3/t20-,21-,22+,23+,24+,25-,26-,27-,28+,29+/m1/s1. The predicted octanol–water partition coefficient (Wildman–Crippen LogP) is 0.748. The van der Waals surface area contributed by atoms with Gasteiger partial charge in [-0.2, -0.15) is 0 Å². The molecule has 0 aromatic carbocycles. The van der Waals surface area contributed by atoms with Gasteiger partial charge in [0.2, 0.25) is 0 Å². The molecule has 0 amide bonds. The molecule has 2 fully saturated rings. The molecule has 2 aliphatic heterocycles. The van der Waals surface area contributed by atoms with Gasteiger partial charge >= 0.3 is 41.8 Å². The molecular formula is C29H42O17S. The predicted molar refractivity (Wildman–Crippen MR) is 156 cm³/mol. The Kier molecular flexibility index (Phi) is 15.3. The van der Waals surface area contributed by atoms with E-state index in [2.05, 4.69) is 0 Å². The molecule has 0 saturated carbocycles. The number of hydrogen-bond acceptors (Lipinski definition) is 18. The van der Waals surface area contributed by atoms with Gasteiger partial charge in [-0.15, -0.1) is 11.8 Å². The molecule has 0 aromatic rings. The fourth-order valence-corrected chi connectivity index (χ4v) is 6.46. The van der Waals surface area contributed by atoms with E-state index >= 15 is 0 Å². The number of carbonyl (C=O) groups excluding carboxylic acids is 7. The first-order valence-corrected chi connectivity index (χ1v) is 15.6. The van der Waals surface area contributed by atoms with Crippen molar-refractivity contribution in [3.05, 3.63) is 0 Å². The van der Waals surface area contributed by atoms with Crippen molar-refractivity contribution in [1.29, 1.82) is 0 Å². The van der Waals surface area contributed by atoms with E-state index in [-0.39, 0.29) is 0 Å². The van der Waals surface area contributed by atoms with Crippen LogP contribution in [-0.4, -0.2) is 121 Å². The summed E-state index contributed by atoms with van der Waals surface area (Å²) in [6.45, 7) is 10.3. The number of thioether (sulfide) groups is 1. The second-order valence-corrected chi connectivity index (χ2v) is 12.1. The summed E-state index contributed by atoms with van der Waals surface area (Å²) >= 11 is 0.824. The second kappa shape index (κ2) is 18.2. The molecule has 2 saturated heterocycles. The Labute approximate surface area is 275 Å². The maximum absolute atomic E-state index is 12.4. The van der Waals surface area contributed by atoms with Crippen LogP contribution in [0.5, 0.6) is 0 Å². The minimum atomic E-state index is -1.49. The average Bonchev–Trinajstić information content (AvgIpc) is 2.91. The molecule has 2 aliphatic rings. The molecule has 0 radical (unpaired) electrons. The molecule has 17 nitrogen and oxygen atoms in total. The van der Waals surface area contributed by atoms with Crippen molar-refractivity contribution in [3.8, 4) is 0 Å². The van der Waals surface area contributed by atoms with Crippen molar-refractivity contribution in [2.75, 3.05) is 13.2 Å². The Hall–Kier alpha value is -3.48. The van der Waals surface area contributed by atoms with Crippen LogP contribution in [0.1, 0.15) is 62.3 Å². The van der Waals surface area contributed by atoms with Crippen molar-refractivity contribution in [1.82, 2.24) is 0 Å². The highest BCUT2D eigenvalue weighted by atomic mass is 32.2. The normalized spacial score (nSPS) is 30.3. The van der Waals surface area contributed by atoms with E-state index in [4.69, 9.17) is 47.4 Å². The summed E-state index contributed by atoms with van der Waals surface area (Å²) < 4.78 is 56.3. The number of hydrogen-bond donors (Lipinski definition) is 0. The first-order valence-electron chi connectivity index (χ1n) is 14.6. The lowest BCUT2D eigenvalue weighted by molar-refractivity contribution is -0.283. The zero-order valence-corrected chi connectivity index (χ0v) is 28.4. The van der Waals surface area contributed by atoms with Crippen LogP contribution in [-0.2, 0) is 80.9 Å². The number of carbonyl (C=O) groups is 7. The minimum absolute atomic E-state index is 0.409. The summed E-state index contributed by atoms with van der Waals surface area (Å²) in [5.74, 6) is -5.40. The summed E-state index contributed by atoms with van der Waals surface area (Å²) in [6.07, 6.45) is -11.3. The van der Waals surface area contributed by atoms with Crippen LogP contribution in [0.3, 0.4) is 0 Å². The van der Waals surface area contributed by atoms with Crippen LogP contribution in [0.25, 0.3) is 0 Å². The lowest BCUT2D eigenvalue weighted by atomic mass is 9.99.